The number of aliphatic carboxylic acids is 1. The van der Waals surface area contributed by atoms with Crippen LogP contribution in [0.4, 0.5) is 0 Å². The first-order valence-electron chi connectivity index (χ1n) is 4.58. The highest BCUT2D eigenvalue weighted by Gasteiger charge is 2.18. The van der Waals surface area contributed by atoms with Gasteiger partial charge in [0.05, 0.1) is 5.71 Å². The normalized spacial score (nSPS) is 19.0. The maximum atomic E-state index is 10.1. The zero-order chi connectivity index (χ0) is 9.68. The van der Waals surface area contributed by atoms with Gasteiger partial charge in [-0.15, -0.1) is 0 Å². The van der Waals surface area contributed by atoms with Gasteiger partial charge in [-0.05, 0) is 19.8 Å². The highest BCUT2D eigenvalue weighted by Crippen LogP contribution is 2.25. The summed E-state index contributed by atoms with van der Waals surface area (Å²) in [5, 5.41) is 12.1. The van der Waals surface area contributed by atoms with Crippen LogP contribution in [0, 0.1) is 5.92 Å². The monoisotopic (exact) mass is 185 g/mol. The van der Waals surface area contributed by atoms with Crippen LogP contribution >= 0.6 is 0 Å². The molecule has 4 nitrogen and oxygen atoms in total. The number of hydrogen-bond acceptors (Lipinski definition) is 3. The van der Waals surface area contributed by atoms with Crippen molar-refractivity contribution in [3.63, 3.8) is 0 Å². The summed E-state index contributed by atoms with van der Waals surface area (Å²) >= 11 is 0. The van der Waals surface area contributed by atoms with E-state index in [0.29, 0.717) is 5.92 Å². The van der Waals surface area contributed by atoms with E-state index in [1.807, 2.05) is 6.92 Å². The number of rotatable bonds is 4. The second-order valence-electron chi connectivity index (χ2n) is 3.38. The van der Waals surface area contributed by atoms with Crippen molar-refractivity contribution in [3.8, 4) is 0 Å². The number of hydrogen-bond donors (Lipinski definition) is 1. The molecule has 0 bridgehead atoms. The van der Waals surface area contributed by atoms with Crippen molar-refractivity contribution in [2.75, 3.05) is 6.61 Å². The summed E-state index contributed by atoms with van der Waals surface area (Å²) in [7, 11) is 0. The SMILES string of the molecule is CC(=NOCC(=O)O)C1CCCC1. The smallest absolute Gasteiger partial charge is 0.344 e. The zero-order valence-electron chi connectivity index (χ0n) is 7.82. The summed E-state index contributed by atoms with van der Waals surface area (Å²) in [5.41, 5.74) is 0.929. The summed E-state index contributed by atoms with van der Waals surface area (Å²) in [5.74, 6) is -0.475. The Labute approximate surface area is 77.6 Å². The highest BCUT2D eigenvalue weighted by molar-refractivity contribution is 5.84. The first-order valence-corrected chi connectivity index (χ1v) is 4.58. The predicted octanol–water partition coefficient (Wildman–Crippen LogP) is 1.65. The lowest BCUT2D eigenvalue weighted by Gasteiger charge is -2.06. The molecule has 1 fully saturated rings. The van der Waals surface area contributed by atoms with Gasteiger partial charge < -0.3 is 9.94 Å². The van der Waals surface area contributed by atoms with Crippen LogP contribution in [0.5, 0.6) is 0 Å². The molecule has 0 aromatic rings. The molecule has 0 amide bonds. The average molecular weight is 185 g/mol. The van der Waals surface area contributed by atoms with Crippen molar-refractivity contribution in [1.82, 2.24) is 0 Å². The Bertz CT molecular complexity index is 207. The van der Waals surface area contributed by atoms with Crippen molar-refractivity contribution in [3.05, 3.63) is 0 Å². The summed E-state index contributed by atoms with van der Waals surface area (Å²) in [6.45, 7) is 1.56. The summed E-state index contributed by atoms with van der Waals surface area (Å²) < 4.78 is 0. The van der Waals surface area contributed by atoms with Gasteiger partial charge in [0.25, 0.3) is 0 Å². The second kappa shape index (κ2) is 4.84. The third kappa shape index (κ3) is 3.44. The Morgan fingerprint density at radius 3 is 2.69 bits per heavy atom. The molecule has 0 aliphatic heterocycles. The van der Waals surface area contributed by atoms with Crippen LogP contribution in [0.15, 0.2) is 5.16 Å². The zero-order valence-corrected chi connectivity index (χ0v) is 7.82. The molecule has 0 spiro atoms. The lowest BCUT2D eigenvalue weighted by molar-refractivity contribution is -0.142. The highest BCUT2D eigenvalue weighted by atomic mass is 16.6. The van der Waals surface area contributed by atoms with Gasteiger partial charge in [-0.2, -0.15) is 0 Å². The van der Waals surface area contributed by atoms with Crippen LogP contribution in [0.25, 0.3) is 0 Å². The van der Waals surface area contributed by atoms with Crippen LogP contribution in [-0.4, -0.2) is 23.4 Å². The van der Waals surface area contributed by atoms with E-state index in [0.717, 1.165) is 18.6 Å². The summed E-state index contributed by atoms with van der Waals surface area (Å²) in [6, 6.07) is 0. The van der Waals surface area contributed by atoms with Crippen LogP contribution in [-0.2, 0) is 9.63 Å². The largest absolute Gasteiger partial charge is 0.479 e. The fraction of sp³-hybridized carbons (Fsp3) is 0.778. The quantitative estimate of drug-likeness (QED) is 0.535. The number of carboxylic acids is 1. The molecular weight excluding hydrogens is 170 g/mol. The van der Waals surface area contributed by atoms with E-state index in [4.69, 9.17) is 5.11 Å². The molecule has 74 valence electrons. The van der Waals surface area contributed by atoms with E-state index in [1.165, 1.54) is 12.8 Å². The molecule has 13 heavy (non-hydrogen) atoms. The molecule has 0 unspecified atom stereocenters. The Balaban J connectivity index is 2.28. The van der Waals surface area contributed by atoms with Crippen molar-refractivity contribution in [2.24, 2.45) is 11.1 Å². The minimum absolute atomic E-state index is 0.343. The third-order valence-corrected chi connectivity index (χ3v) is 2.34. The fourth-order valence-corrected chi connectivity index (χ4v) is 1.61. The molecule has 0 aromatic carbocycles. The third-order valence-electron chi connectivity index (χ3n) is 2.34. The lowest BCUT2D eigenvalue weighted by Crippen LogP contribution is -2.09. The molecule has 1 saturated carbocycles. The summed E-state index contributed by atoms with van der Waals surface area (Å²) in [4.78, 5) is 14.8. The molecule has 1 N–H and O–H groups in total. The van der Waals surface area contributed by atoms with Gasteiger partial charge in [0.15, 0.2) is 0 Å². The minimum atomic E-state index is -0.983. The van der Waals surface area contributed by atoms with Crippen LogP contribution in [0.1, 0.15) is 32.6 Å². The van der Waals surface area contributed by atoms with Gasteiger partial charge in [0.2, 0.25) is 6.61 Å². The van der Waals surface area contributed by atoms with Gasteiger partial charge in [0, 0.05) is 5.92 Å². The van der Waals surface area contributed by atoms with E-state index in [2.05, 4.69) is 9.99 Å². The topological polar surface area (TPSA) is 58.9 Å². The molecule has 0 saturated heterocycles. The average Bonchev–Trinajstić information content (AvgIpc) is 2.55. The minimum Gasteiger partial charge on any atom is -0.479 e. The number of nitrogens with zero attached hydrogens (tertiary/aromatic N) is 1. The van der Waals surface area contributed by atoms with Crippen molar-refractivity contribution in [1.29, 1.82) is 0 Å². The van der Waals surface area contributed by atoms with Gasteiger partial charge in [-0.25, -0.2) is 4.79 Å². The van der Waals surface area contributed by atoms with E-state index in [9.17, 15) is 4.79 Å². The predicted molar refractivity (Wildman–Crippen MR) is 48.7 cm³/mol. The molecule has 0 atom stereocenters. The Kier molecular flexibility index (Phi) is 3.73. The first kappa shape index (κ1) is 10.0. The molecule has 4 heteroatoms. The molecular formula is C9H15NO3. The van der Waals surface area contributed by atoms with Crippen molar-refractivity contribution in [2.45, 2.75) is 32.6 Å². The molecule has 0 heterocycles. The molecule has 0 aromatic heterocycles. The number of oxime groups is 1. The Morgan fingerprint density at radius 2 is 2.15 bits per heavy atom. The van der Waals surface area contributed by atoms with Crippen molar-refractivity contribution >= 4 is 11.7 Å². The first-order chi connectivity index (χ1) is 6.20. The maximum Gasteiger partial charge on any atom is 0.344 e. The molecule has 0 radical (unpaired) electrons. The summed E-state index contributed by atoms with van der Waals surface area (Å²) in [6.07, 6.45) is 4.81. The van der Waals surface area contributed by atoms with Gasteiger partial charge in [-0.3, -0.25) is 0 Å². The van der Waals surface area contributed by atoms with Gasteiger partial charge in [0.1, 0.15) is 0 Å². The second-order valence-corrected chi connectivity index (χ2v) is 3.38. The standard InChI is InChI=1S/C9H15NO3/c1-7(8-4-2-3-5-8)10-13-6-9(11)12/h8H,2-6H2,1H3,(H,11,12). The van der Waals surface area contributed by atoms with Gasteiger partial charge in [-0.1, -0.05) is 18.0 Å². The van der Waals surface area contributed by atoms with E-state index < -0.39 is 5.97 Å². The van der Waals surface area contributed by atoms with Crippen LogP contribution in [0.2, 0.25) is 0 Å². The Morgan fingerprint density at radius 1 is 1.54 bits per heavy atom. The van der Waals surface area contributed by atoms with Crippen LogP contribution in [0.3, 0.4) is 0 Å². The number of carbonyl (C=O) groups is 1. The molecule has 1 aliphatic carbocycles. The fourth-order valence-electron chi connectivity index (χ4n) is 1.61. The van der Waals surface area contributed by atoms with E-state index in [-0.39, 0.29) is 6.61 Å². The van der Waals surface area contributed by atoms with Gasteiger partial charge >= 0.3 is 5.97 Å². The maximum absolute atomic E-state index is 10.1. The Hall–Kier alpha value is -1.06. The van der Waals surface area contributed by atoms with E-state index >= 15 is 0 Å². The van der Waals surface area contributed by atoms with Crippen molar-refractivity contribution < 1.29 is 14.7 Å². The molecule has 1 rings (SSSR count). The van der Waals surface area contributed by atoms with Crippen LogP contribution < -0.4 is 0 Å². The molecule has 1 aliphatic rings. The lowest BCUT2D eigenvalue weighted by atomic mass is 10.0. The van der Waals surface area contributed by atoms with E-state index in [1.54, 1.807) is 0 Å². The number of carboxylic acid groups (broad SMARTS) is 1.